The maximum absolute atomic E-state index is 9.14. The number of aryl methyl sites for hydroxylation is 1. The number of benzene rings is 1. The molecule has 0 radical (unpaired) electrons. The fourth-order valence-corrected chi connectivity index (χ4v) is 1.95. The van der Waals surface area contributed by atoms with E-state index in [0.29, 0.717) is 11.8 Å². The average Bonchev–Trinajstić information content (AvgIpc) is 2.74. The fraction of sp³-hybridized carbons (Fsp3) is 0.500. The van der Waals surface area contributed by atoms with Gasteiger partial charge in [0, 0.05) is 19.3 Å². The van der Waals surface area contributed by atoms with Gasteiger partial charge in [-0.05, 0) is 37.0 Å². The van der Waals surface area contributed by atoms with E-state index in [0.717, 1.165) is 19.6 Å². The van der Waals surface area contributed by atoms with Gasteiger partial charge in [0.05, 0.1) is 0 Å². The SMILES string of the molecule is Oc1ccc(CCC[C@H]2CNCN2)cc1. The van der Waals surface area contributed by atoms with E-state index in [9.17, 15) is 0 Å². The van der Waals surface area contributed by atoms with Crippen LogP contribution < -0.4 is 10.6 Å². The van der Waals surface area contributed by atoms with E-state index in [-0.39, 0.29) is 0 Å². The molecule has 1 fully saturated rings. The highest BCUT2D eigenvalue weighted by molar-refractivity contribution is 5.25. The van der Waals surface area contributed by atoms with E-state index in [4.69, 9.17) is 5.11 Å². The van der Waals surface area contributed by atoms with Gasteiger partial charge in [0.2, 0.25) is 0 Å². The number of hydrogen-bond donors (Lipinski definition) is 3. The molecule has 0 aliphatic carbocycles. The topological polar surface area (TPSA) is 44.3 Å². The molecular weight excluding hydrogens is 188 g/mol. The Morgan fingerprint density at radius 1 is 1.27 bits per heavy atom. The van der Waals surface area contributed by atoms with Crippen molar-refractivity contribution in [3.8, 4) is 5.75 Å². The van der Waals surface area contributed by atoms with Crippen molar-refractivity contribution in [1.29, 1.82) is 0 Å². The van der Waals surface area contributed by atoms with Crippen molar-refractivity contribution in [2.45, 2.75) is 25.3 Å². The third-order valence-corrected chi connectivity index (χ3v) is 2.86. The zero-order valence-corrected chi connectivity index (χ0v) is 8.87. The summed E-state index contributed by atoms with van der Waals surface area (Å²) in [6.45, 7) is 2.04. The highest BCUT2D eigenvalue weighted by atomic mass is 16.3. The second-order valence-corrected chi connectivity index (χ2v) is 4.09. The van der Waals surface area contributed by atoms with Gasteiger partial charge < -0.3 is 15.7 Å². The smallest absolute Gasteiger partial charge is 0.115 e. The molecule has 1 atom stereocenters. The predicted molar refractivity (Wildman–Crippen MR) is 60.8 cm³/mol. The van der Waals surface area contributed by atoms with Gasteiger partial charge in [-0.15, -0.1) is 0 Å². The minimum atomic E-state index is 0.348. The van der Waals surface area contributed by atoms with Gasteiger partial charge in [-0.3, -0.25) is 0 Å². The molecule has 0 unspecified atom stereocenters. The Bertz CT molecular complexity index is 291. The lowest BCUT2D eigenvalue weighted by molar-refractivity contribution is 0.475. The second kappa shape index (κ2) is 5.14. The molecule has 1 heterocycles. The van der Waals surface area contributed by atoms with E-state index in [1.165, 1.54) is 18.4 Å². The molecule has 1 aromatic carbocycles. The van der Waals surface area contributed by atoms with Gasteiger partial charge in [-0.2, -0.15) is 0 Å². The van der Waals surface area contributed by atoms with Crippen LogP contribution in [0.3, 0.4) is 0 Å². The van der Waals surface area contributed by atoms with Crippen LogP contribution in [0.5, 0.6) is 5.75 Å². The van der Waals surface area contributed by atoms with E-state index < -0.39 is 0 Å². The molecule has 3 nitrogen and oxygen atoms in total. The van der Waals surface area contributed by atoms with E-state index in [1.54, 1.807) is 12.1 Å². The summed E-state index contributed by atoms with van der Waals surface area (Å²) in [6.07, 6.45) is 3.51. The van der Waals surface area contributed by atoms with Crippen LogP contribution >= 0.6 is 0 Å². The van der Waals surface area contributed by atoms with Crippen molar-refractivity contribution in [2.24, 2.45) is 0 Å². The zero-order valence-electron chi connectivity index (χ0n) is 8.87. The highest BCUT2D eigenvalue weighted by Gasteiger charge is 2.11. The van der Waals surface area contributed by atoms with Crippen molar-refractivity contribution in [1.82, 2.24) is 10.6 Å². The van der Waals surface area contributed by atoms with Gasteiger partial charge in [0.1, 0.15) is 5.75 Å². The molecule has 0 bridgehead atoms. The predicted octanol–water partition coefficient (Wildman–Crippen LogP) is 1.23. The van der Waals surface area contributed by atoms with E-state index in [1.807, 2.05) is 12.1 Å². The fourth-order valence-electron chi connectivity index (χ4n) is 1.95. The van der Waals surface area contributed by atoms with Crippen molar-refractivity contribution >= 4 is 0 Å². The first kappa shape index (κ1) is 10.5. The van der Waals surface area contributed by atoms with Crippen molar-refractivity contribution in [2.75, 3.05) is 13.2 Å². The number of rotatable bonds is 4. The minimum absolute atomic E-state index is 0.348. The van der Waals surface area contributed by atoms with E-state index in [2.05, 4.69) is 10.6 Å². The van der Waals surface area contributed by atoms with Crippen LogP contribution in [0.25, 0.3) is 0 Å². The Hall–Kier alpha value is -1.06. The Kier molecular flexibility index (Phi) is 3.59. The van der Waals surface area contributed by atoms with Crippen LogP contribution in [-0.4, -0.2) is 24.4 Å². The number of phenolic OH excluding ortho intramolecular Hbond substituents is 1. The van der Waals surface area contributed by atoms with Crippen LogP contribution in [0.1, 0.15) is 18.4 Å². The van der Waals surface area contributed by atoms with Gasteiger partial charge in [0.25, 0.3) is 0 Å². The van der Waals surface area contributed by atoms with Crippen molar-refractivity contribution in [3.63, 3.8) is 0 Å². The first-order valence-corrected chi connectivity index (χ1v) is 5.56. The van der Waals surface area contributed by atoms with Crippen LogP contribution in [0.15, 0.2) is 24.3 Å². The molecule has 0 spiro atoms. The monoisotopic (exact) mass is 206 g/mol. The maximum atomic E-state index is 9.14. The summed E-state index contributed by atoms with van der Waals surface area (Å²) in [7, 11) is 0. The average molecular weight is 206 g/mol. The van der Waals surface area contributed by atoms with Crippen LogP contribution in [-0.2, 0) is 6.42 Å². The number of hydrogen-bond acceptors (Lipinski definition) is 3. The van der Waals surface area contributed by atoms with Crippen molar-refractivity contribution < 1.29 is 5.11 Å². The van der Waals surface area contributed by atoms with Crippen LogP contribution in [0, 0.1) is 0 Å². The van der Waals surface area contributed by atoms with E-state index >= 15 is 0 Å². The first-order chi connectivity index (χ1) is 7.34. The Morgan fingerprint density at radius 2 is 2.07 bits per heavy atom. The molecule has 1 aliphatic heterocycles. The minimum Gasteiger partial charge on any atom is -0.508 e. The van der Waals surface area contributed by atoms with Crippen LogP contribution in [0.2, 0.25) is 0 Å². The first-order valence-electron chi connectivity index (χ1n) is 5.56. The molecular formula is C12H18N2O. The summed E-state index contributed by atoms with van der Waals surface area (Å²) >= 11 is 0. The Balaban J connectivity index is 1.71. The largest absolute Gasteiger partial charge is 0.508 e. The lowest BCUT2D eigenvalue weighted by Crippen LogP contribution is -2.23. The summed E-state index contributed by atoms with van der Waals surface area (Å²) in [6, 6.07) is 8.14. The van der Waals surface area contributed by atoms with Crippen molar-refractivity contribution in [3.05, 3.63) is 29.8 Å². The van der Waals surface area contributed by atoms with Gasteiger partial charge in [-0.25, -0.2) is 0 Å². The molecule has 0 amide bonds. The maximum Gasteiger partial charge on any atom is 0.115 e. The molecule has 0 saturated carbocycles. The molecule has 1 saturated heterocycles. The summed E-state index contributed by atoms with van der Waals surface area (Å²) in [4.78, 5) is 0. The normalized spacial score (nSPS) is 20.7. The molecule has 1 aromatic rings. The molecule has 2 rings (SSSR count). The number of nitrogens with one attached hydrogen (secondary N) is 2. The number of aromatic hydroxyl groups is 1. The standard InChI is InChI=1S/C12H18N2O/c15-12-6-4-10(5-7-12)2-1-3-11-8-13-9-14-11/h4-7,11,13-15H,1-3,8-9H2/t11-/m0/s1. The second-order valence-electron chi connectivity index (χ2n) is 4.09. The quantitative estimate of drug-likeness (QED) is 0.694. The highest BCUT2D eigenvalue weighted by Crippen LogP contribution is 2.12. The molecule has 1 aliphatic rings. The summed E-state index contributed by atoms with van der Waals surface area (Å²) in [5, 5.41) is 15.8. The molecule has 3 N–H and O–H groups in total. The molecule has 15 heavy (non-hydrogen) atoms. The summed E-state index contributed by atoms with van der Waals surface area (Å²) in [5.41, 5.74) is 1.30. The Labute approximate surface area is 90.5 Å². The summed E-state index contributed by atoms with van der Waals surface area (Å²) < 4.78 is 0. The third-order valence-electron chi connectivity index (χ3n) is 2.86. The lowest BCUT2D eigenvalue weighted by Gasteiger charge is -2.08. The summed E-state index contributed by atoms with van der Waals surface area (Å²) in [5.74, 6) is 0.348. The molecule has 0 aromatic heterocycles. The zero-order chi connectivity index (χ0) is 10.5. The van der Waals surface area contributed by atoms with Gasteiger partial charge in [-0.1, -0.05) is 12.1 Å². The number of phenols is 1. The van der Waals surface area contributed by atoms with Gasteiger partial charge >= 0.3 is 0 Å². The third kappa shape index (κ3) is 3.22. The lowest BCUT2D eigenvalue weighted by atomic mass is 10.1. The molecule has 82 valence electrons. The molecule has 3 heteroatoms. The van der Waals surface area contributed by atoms with Gasteiger partial charge in [0.15, 0.2) is 0 Å². The van der Waals surface area contributed by atoms with Crippen LogP contribution in [0.4, 0.5) is 0 Å². The Morgan fingerprint density at radius 3 is 2.73 bits per heavy atom.